The molecule has 0 saturated heterocycles. The highest BCUT2D eigenvalue weighted by atomic mass is 32.2. The van der Waals surface area contributed by atoms with Crippen LogP contribution >= 0.6 is 0 Å². The van der Waals surface area contributed by atoms with Crippen molar-refractivity contribution in [3.63, 3.8) is 0 Å². The molecule has 0 saturated carbocycles. The lowest BCUT2D eigenvalue weighted by Gasteiger charge is -2.20. The molecular weight excluding hydrogens is 416 g/mol. The van der Waals surface area contributed by atoms with Gasteiger partial charge in [0.25, 0.3) is 11.8 Å². The number of benzene rings is 2. The topological polar surface area (TPSA) is 117 Å². The van der Waals surface area contributed by atoms with E-state index in [1.165, 1.54) is 12.1 Å². The second-order valence-electron chi connectivity index (χ2n) is 8.13. The first-order chi connectivity index (χ1) is 14.5. The number of hydrogen-bond acceptors (Lipinski definition) is 5. The molecule has 9 heteroatoms. The Morgan fingerprint density at radius 2 is 1.58 bits per heavy atom. The van der Waals surface area contributed by atoms with E-state index in [1.54, 1.807) is 52.0 Å². The van der Waals surface area contributed by atoms with Gasteiger partial charge in [-0.1, -0.05) is 30.3 Å². The zero-order valence-corrected chi connectivity index (χ0v) is 18.5. The van der Waals surface area contributed by atoms with Crippen LogP contribution in [0.3, 0.4) is 0 Å². The molecule has 0 spiro atoms. The van der Waals surface area contributed by atoms with Gasteiger partial charge in [0.2, 0.25) is 10.0 Å². The summed E-state index contributed by atoms with van der Waals surface area (Å²) < 4.78 is 27.7. The number of aromatic nitrogens is 1. The fraction of sp³-hybridized carbons (Fsp3) is 0.227. The maximum atomic E-state index is 12.6. The van der Waals surface area contributed by atoms with Gasteiger partial charge in [-0.25, -0.2) is 18.1 Å². The molecule has 31 heavy (non-hydrogen) atoms. The highest BCUT2D eigenvalue weighted by Gasteiger charge is 2.23. The smallest absolute Gasteiger partial charge is 0.267 e. The van der Waals surface area contributed by atoms with E-state index in [0.717, 1.165) is 5.39 Å². The third kappa shape index (κ3) is 5.44. The monoisotopic (exact) mass is 440 g/mol. The number of nitrogens with zero attached hydrogens (tertiary/aromatic N) is 1. The van der Waals surface area contributed by atoms with Gasteiger partial charge in [-0.3, -0.25) is 20.4 Å². The molecule has 1 aromatic heterocycles. The van der Waals surface area contributed by atoms with Crippen molar-refractivity contribution in [2.75, 3.05) is 0 Å². The molecule has 2 amide bonds. The standard InChI is InChI=1S/C22H24N4O4S/c1-14-9-11-16(31(29,30)26-22(2,3)4)13-17(14)20(27)24-25-21(28)19-12-10-15-7-5-6-8-18(15)23-19/h5-13,26H,1-4H3,(H,24,27)(H,25,28). The second kappa shape index (κ2) is 8.44. The number of nitrogens with one attached hydrogen (secondary N) is 3. The summed E-state index contributed by atoms with van der Waals surface area (Å²) in [5.74, 6) is -1.23. The number of hydrazine groups is 1. The van der Waals surface area contributed by atoms with E-state index >= 15 is 0 Å². The van der Waals surface area contributed by atoms with Gasteiger partial charge in [0.05, 0.1) is 10.4 Å². The molecule has 0 aliphatic rings. The minimum absolute atomic E-state index is 0.0410. The lowest BCUT2D eigenvalue weighted by molar-refractivity contribution is 0.0843. The molecule has 0 unspecified atom stereocenters. The molecule has 0 bridgehead atoms. The van der Waals surface area contributed by atoms with Crippen molar-refractivity contribution in [3.8, 4) is 0 Å². The van der Waals surface area contributed by atoms with Gasteiger partial charge < -0.3 is 0 Å². The fourth-order valence-electron chi connectivity index (χ4n) is 2.91. The third-order valence-electron chi connectivity index (χ3n) is 4.33. The number of carbonyl (C=O) groups excluding carboxylic acids is 2. The summed E-state index contributed by atoms with van der Waals surface area (Å²) >= 11 is 0. The van der Waals surface area contributed by atoms with Crippen molar-refractivity contribution in [3.05, 3.63) is 71.4 Å². The van der Waals surface area contributed by atoms with Crippen molar-refractivity contribution in [1.29, 1.82) is 0 Å². The number of carbonyl (C=O) groups is 2. The van der Waals surface area contributed by atoms with Gasteiger partial charge in [-0.15, -0.1) is 0 Å². The Balaban J connectivity index is 1.76. The fourth-order valence-corrected chi connectivity index (χ4v) is 4.36. The average Bonchev–Trinajstić information content (AvgIpc) is 2.69. The Labute approximate surface area is 181 Å². The predicted octanol–water partition coefficient (Wildman–Crippen LogP) is 2.69. The van der Waals surface area contributed by atoms with E-state index in [-0.39, 0.29) is 16.2 Å². The number of rotatable bonds is 4. The summed E-state index contributed by atoms with van der Waals surface area (Å²) in [6.45, 7) is 6.85. The minimum Gasteiger partial charge on any atom is -0.267 e. The third-order valence-corrected chi connectivity index (χ3v) is 6.08. The van der Waals surface area contributed by atoms with Crippen LogP contribution in [0.25, 0.3) is 10.9 Å². The van der Waals surface area contributed by atoms with Crippen molar-refractivity contribution in [1.82, 2.24) is 20.6 Å². The van der Waals surface area contributed by atoms with Crippen LogP contribution in [-0.4, -0.2) is 30.8 Å². The first-order valence-electron chi connectivity index (χ1n) is 9.57. The van der Waals surface area contributed by atoms with Crippen molar-refractivity contribution in [2.45, 2.75) is 38.1 Å². The van der Waals surface area contributed by atoms with E-state index < -0.39 is 27.4 Å². The minimum atomic E-state index is -3.81. The number of hydrogen-bond donors (Lipinski definition) is 3. The van der Waals surface area contributed by atoms with Crippen LogP contribution in [0.15, 0.2) is 59.5 Å². The summed E-state index contributed by atoms with van der Waals surface area (Å²) in [5, 5.41) is 0.889. The highest BCUT2D eigenvalue weighted by Crippen LogP contribution is 2.18. The quantitative estimate of drug-likeness (QED) is 0.539. The number of sulfonamides is 1. The Kier molecular flexibility index (Phi) is 6.10. The van der Waals surface area contributed by atoms with E-state index in [2.05, 4.69) is 20.6 Å². The number of aryl methyl sites for hydroxylation is 1. The van der Waals surface area contributed by atoms with E-state index in [0.29, 0.717) is 11.1 Å². The average molecular weight is 441 g/mol. The van der Waals surface area contributed by atoms with Crippen LogP contribution in [0.2, 0.25) is 0 Å². The van der Waals surface area contributed by atoms with Crippen LogP contribution in [0, 0.1) is 6.92 Å². The number of fused-ring (bicyclic) bond motifs is 1. The zero-order valence-electron chi connectivity index (χ0n) is 17.7. The number of pyridine rings is 1. The van der Waals surface area contributed by atoms with Gasteiger partial charge in [-0.05, 0) is 57.5 Å². The summed E-state index contributed by atoms with van der Waals surface area (Å²) in [7, 11) is -3.81. The van der Waals surface area contributed by atoms with E-state index in [9.17, 15) is 18.0 Å². The highest BCUT2D eigenvalue weighted by molar-refractivity contribution is 7.89. The molecule has 3 rings (SSSR count). The zero-order chi connectivity index (χ0) is 22.8. The summed E-state index contributed by atoms with van der Waals surface area (Å²) in [4.78, 5) is 29.2. The molecule has 0 fully saturated rings. The SMILES string of the molecule is Cc1ccc(S(=O)(=O)NC(C)(C)C)cc1C(=O)NNC(=O)c1ccc2ccccc2n1. The molecule has 0 atom stereocenters. The Bertz CT molecular complexity index is 1260. The summed E-state index contributed by atoms with van der Waals surface area (Å²) in [6, 6.07) is 14.9. The molecule has 1 heterocycles. The van der Waals surface area contributed by atoms with E-state index in [4.69, 9.17) is 0 Å². The lowest BCUT2D eigenvalue weighted by atomic mass is 10.1. The first kappa shape index (κ1) is 22.4. The van der Waals surface area contributed by atoms with E-state index in [1.807, 2.05) is 18.2 Å². The molecule has 8 nitrogen and oxygen atoms in total. The van der Waals surface area contributed by atoms with Crippen LogP contribution in [-0.2, 0) is 10.0 Å². The summed E-state index contributed by atoms with van der Waals surface area (Å²) in [6.07, 6.45) is 0. The van der Waals surface area contributed by atoms with Crippen LogP contribution in [0.4, 0.5) is 0 Å². The maximum Gasteiger partial charge on any atom is 0.288 e. The van der Waals surface area contributed by atoms with Crippen LogP contribution < -0.4 is 15.6 Å². The Hall–Kier alpha value is -3.30. The Morgan fingerprint density at radius 1 is 0.903 bits per heavy atom. The second-order valence-corrected chi connectivity index (χ2v) is 9.81. The van der Waals surface area contributed by atoms with Crippen LogP contribution in [0.5, 0.6) is 0 Å². The van der Waals surface area contributed by atoms with Gasteiger partial charge >= 0.3 is 0 Å². The van der Waals surface area contributed by atoms with Gasteiger partial charge in [-0.2, -0.15) is 0 Å². The van der Waals surface area contributed by atoms with Crippen LogP contribution in [0.1, 0.15) is 47.2 Å². The van der Waals surface area contributed by atoms with Gasteiger partial charge in [0.1, 0.15) is 5.69 Å². The summed E-state index contributed by atoms with van der Waals surface area (Å²) in [5.41, 5.74) is 5.45. The molecule has 2 aromatic carbocycles. The predicted molar refractivity (Wildman–Crippen MR) is 118 cm³/mol. The lowest BCUT2D eigenvalue weighted by Crippen LogP contribution is -2.42. The normalized spacial score (nSPS) is 11.9. The molecule has 0 aliphatic carbocycles. The number of amides is 2. The molecule has 162 valence electrons. The largest absolute Gasteiger partial charge is 0.288 e. The maximum absolute atomic E-state index is 12.6. The molecule has 3 aromatic rings. The van der Waals surface area contributed by atoms with Crippen molar-refractivity contribution in [2.24, 2.45) is 0 Å². The van der Waals surface area contributed by atoms with Gasteiger partial charge in [0.15, 0.2) is 0 Å². The van der Waals surface area contributed by atoms with Gasteiger partial charge in [0, 0.05) is 16.5 Å². The Morgan fingerprint density at radius 3 is 2.29 bits per heavy atom. The molecule has 3 N–H and O–H groups in total. The molecular formula is C22H24N4O4S. The molecule has 0 aliphatic heterocycles. The number of para-hydroxylation sites is 1. The van der Waals surface area contributed by atoms with Crippen molar-refractivity contribution >= 4 is 32.7 Å². The molecule has 0 radical (unpaired) electrons. The van der Waals surface area contributed by atoms with Crippen molar-refractivity contribution < 1.29 is 18.0 Å². The first-order valence-corrected chi connectivity index (χ1v) is 11.1.